The monoisotopic (exact) mass is 312 g/mol. The third kappa shape index (κ3) is 5.33. The average molecular weight is 312 g/mol. The van der Waals surface area contributed by atoms with Crippen LogP contribution in [-0.4, -0.2) is 19.6 Å². The maximum atomic E-state index is 11.6. The molecular formula is C19H24N2O2. The molecule has 0 saturated heterocycles. The van der Waals surface area contributed by atoms with E-state index in [-0.39, 0.29) is 11.8 Å². The summed E-state index contributed by atoms with van der Waals surface area (Å²) in [4.78, 5) is 11.6. The van der Waals surface area contributed by atoms with E-state index in [1.165, 1.54) is 5.56 Å². The second-order valence-electron chi connectivity index (χ2n) is 5.75. The second kappa shape index (κ2) is 8.22. The van der Waals surface area contributed by atoms with Gasteiger partial charge in [-0.2, -0.15) is 0 Å². The molecule has 0 saturated carbocycles. The third-order valence-electron chi connectivity index (χ3n) is 3.58. The van der Waals surface area contributed by atoms with Crippen molar-refractivity contribution in [3.63, 3.8) is 0 Å². The van der Waals surface area contributed by atoms with Crippen molar-refractivity contribution in [2.24, 2.45) is 5.92 Å². The van der Waals surface area contributed by atoms with Gasteiger partial charge in [-0.15, -0.1) is 0 Å². The normalized spacial score (nSPS) is 10.4. The predicted molar refractivity (Wildman–Crippen MR) is 95.1 cm³/mol. The van der Waals surface area contributed by atoms with Gasteiger partial charge in [0.15, 0.2) is 0 Å². The van der Waals surface area contributed by atoms with Crippen molar-refractivity contribution in [2.45, 2.75) is 20.3 Å². The summed E-state index contributed by atoms with van der Waals surface area (Å²) in [5.74, 6) is 0.892. The average Bonchev–Trinajstić information content (AvgIpc) is 2.57. The number of anilines is 2. The Bertz CT molecular complexity index is 619. The zero-order valence-corrected chi connectivity index (χ0v) is 13.9. The van der Waals surface area contributed by atoms with E-state index in [4.69, 9.17) is 4.74 Å². The molecule has 0 spiro atoms. The van der Waals surface area contributed by atoms with Gasteiger partial charge in [-0.1, -0.05) is 26.0 Å². The lowest BCUT2D eigenvalue weighted by atomic mass is 10.1. The van der Waals surface area contributed by atoms with Crippen LogP contribution in [0.25, 0.3) is 0 Å². The standard InChI is InChI=1S/C19H24N2O2/c1-14(2)19(22)21-17-8-6-16(7-9-17)20-13-12-15-4-10-18(23-3)11-5-15/h4-11,14,20H,12-13H2,1-3H3,(H,21,22). The van der Waals surface area contributed by atoms with E-state index in [1.54, 1.807) is 7.11 Å². The molecule has 0 radical (unpaired) electrons. The summed E-state index contributed by atoms with van der Waals surface area (Å²) in [6, 6.07) is 15.9. The molecule has 0 bridgehead atoms. The highest BCUT2D eigenvalue weighted by molar-refractivity contribution is 5.92. The molecule has 2 rings (SSSR count). The molecule has 0 fully saturated rings. The van der Waals surface area contributed by atoms with Crippen LogP contribution in [0.15, 0.2) is 48.5 Å². The van der Waals surface area contributed by atoms with Crippen molar-refractivity contribution in [1.82, 2.24) is 0 Å². The van der Waals surface area contributed by atoms with E-state index in [0.717, 1.165) is 30.1 Å². The van der Waals surface area contributed by atoms with Crippen LogP contribution in [0, 0.1) is 5.92 Å². The van der Waals surface area contributed by atoms with Crippen molar-refractivity contribution >= 4 is 17.3 Å². The van der Waals surface area contributed by atoms with Gasteiger partial charge < -0.3 is 15.4 Å². The third-order valence-corrected chi connectivity index (χ3v) is 3.58. The lowest BCUT2D eigenvalue weighted by Crippen LogP contribution is -2.17. The highest BCUT2D eigenvalue weighted by Gasteiger charge is 2.06. The van der Waals surface area contributed by atoms with Crippen molar-refractivity contribution in [3.05, 3.63) is 54.1 Å². The number of amides is 1. The molecule has 4 nitrogen and oxygen atoms in total. The number of carbonyl (C=O) groups is 1. The van der Waals surface area contributed by atoms with E-state index in [0.29, 0.717) is 0 Å². The molecule has 23 heavy (non-hydrogen) atoms. The molecule has 122 valence electrons. The SMILES string of the molecule is COc1ccc(CCNc2ccc(NC(=O)C(C)C)cc2)cc1. The quantitative estimate of drug-likeness (QED) is 0.814. The van der Waals surface area contributed by atoms with Gasteiger partial charge >= 0.3 is 0 Å². The molecule has 0 atom stereocenters. The number of hydrogen-bond acceptors (Lipinski definition) is 3. The van der Waals surface area contributed by atoms with Crippen LogP contribution in [0.5, 0.6) is 5.75 Å². The summed E-state index contributed by atoms with van der Waals surface area (Å²) in [6.45, 7) is 4.61. The molecule has 2 aromatic rings. The minimum atomic E-state index is -0.0164. The highest BCUT2D eigenvalue weighted by atomic mass is 16.5. The summed E-state index contributed by atoms with van der Waals surface area (Å²) in [6.07, 6.45) is 0.940. The number of hydrogen-bond donors (Lipinski definition) is 2. The van der Waals surface area contributed by atoms with E-state index < -0.39 is 0 Å². The smallest absolute Gasteiger partial charge is 0.226 e. The van der Waals surface area contributed by atoms with E-state index in [1.807, 2.05) is 50.2 Å². The Morgan fingerprint density at radius 1 is 1.00 bits per heavy atom. The molecule has 0 unspecified atom stereocenters. The largest absolute Gasteiger partial charge is 0.497 e. The van der Waals surface area contributed by atoms with Gasteiger partial charge in [0.2, 0.25) is 5.91 Å². The number of rotatable bonds is 7. The van der Waals surface area contributed by atoms with Crippen LogP contribution >= 0.6 is 0 Å². The highest BCUT2D eigenvalue weighted by Crippen LogP contribution is 2.15. The van der Waals surface area contributed by atoms with Crippen molar-refractivity contribution < 1.29 is 9.53 Å². The molecule has 0 aliphatic rings. The molecule has 0 aliphatic carbocycles. The Labute approximate surface area is 137 Å². The van der Waals surface area contributed by atoms with Gasteiger partial charge in [-0.05, 0) is 48.4 Å². The summed E-state index contributed by atoms with van der Waals surface area (Å²) in [7, 11) is 1.67. The van der Waals surface area contributed by atoms with Crippen LogP contribution in [0.4, 0.5) is 11.4 Å². The number of benzene rings is 2. The molecule has 0 heterocycles. The number of ether oxygens (including phenoxy) is 1. The first kappa shape index (κ1) is 16.9. The summed E-state index contributed by atoms with van der Waals surface area (Å²) < 4.78 is 5.15. The van der Waals surface area contributed by atoms with Crippen LogP contribution < -0.4 is 15.4 Å². The Morgan fingerprint density at radius 2 is 1.61 bits per heavy atom. The lowest BCUT2D eigenvalue weighted by Gasteiger charge is -2.10. The maximum Gasteiger partial charge on any atom is 0.226 e. The zero-order chi connectivity index (χ0) is 16.7. The van der Waals surface area contributed by atoms with Crippen LogP contribution in [-0.2, 0) is 11.2 Å². The Balaban J connectivity index is 1.80. The van der Waals surface area contributed by atoms with E-state index in [9.17, 15) is 4.79 Å². The van der Waals surface area contributed by atoms with Gasteiger partial charge in [0.1, 0.15) is 5.75 Å². The van der Waals surface area contributed by atoms with Gasteiger partial charge in [-0.3, -0.25) is 4.79 Å². The number of methoxy groups -OCH3 is 1. The first-order valence-electron chi connectivity index (χ1n) is 7.86. The van der Waals surface area contributed by atoms with E-state index in [2.05, 4.69) is 22.8 Å². The van der Waals surface area contributed by atoms with Gasteiger partial charge in [0.05, 0.1) is 7.11 Å². The van der Waals surface area contributed by atoms with Crippen molar-refractivity contribution in [1.29, 1.82) is 0 Å². The molecular weight excluding hydrogens is 288 g/mol. The fourth-order valence-electron chi connectivity index (χ4n) is 2.10. The van der Waals surface area contributed by atoms with Gasteiger partial charge in [0, 0.05) is 23.8 Å². The van der Waals surface area contributed by atoms with E-state index >= 15 is 0 Å². The van der Waals surface area contributed by atoms with Crippen LogP contribution in [0.3, 0.4) is 0 Å². The predicted octanol–water partition coefficient (Wildman–Crippen LogP) is 3.94. The Morgan fingerprint density at radius 3 is 2.17 bits per heavy atom. The number of nitrogens with one attached hydrogen (secondary N) is 2. The molecule has 2 N–H and O–H groups in total. The first-order chi connectivity index (χ1) is 11.1. The van der Waals surface area contributed by atoms with Crippen molar-refractivity contribution in [2.75, 3.05) is 24.3 Å². The first-order valence-corrected chi connectivity index (χ1v) is 7.86. The van der Waals surface area contributed by atoms with Crippen molar-refractivity contribution in [3.8, 4) is 5.75 Å². The summed E-state index contributed by atoms with van der Waals surface area (Å²) in [5, 5.41) is 6.26. The fourth-order valence-corrected chi connectivity index (χ4v) is 2.10. The van der Waals surface area contributed by atoms with Gasteiger partial charge in [-0.25, -0.2) is 0 Å². The minimum absolute atomic E-state index is 0.0164. The molecule has 1 amide bonds. The molecule has 0 aliphatic heterocycles. The van der Waals surface area contributed by atoms with Crippen LogP contribution in [0.2, 0.25) is 0 Å². The fraction of sp³-hybridized carbons (Fsp3) is 0.316. The zero-order valence-electron chi connectivity index (χ0n) is 13.9. The topological polar surface area (TPSA) is 50.4 Å². The number of carbonyl (C=O) groups excluding carboxylic acids is 1. The molecule has 2 aromatic carbocycles. The van der Waals surface area contributed by atoms with Crippen LogP contribution in [0.1, 0.15) is 19.4 Å². The Kier molecular flexibility index (Phi) is 6.03. The minimum Gasteiger partial charge on any atom is -0.497 e. The summed E-state index contributed by atoms with van der Waals surface area (Å²) >= 11 is 0. The lowest BCUT2D eigenvalue weighted by molar-refractivity contribution is -0.118. The second-order valence-corrected chi connectivity index (χ2v) is 5.75. The Hall–Kier alpha value is -2.49. The summed E-state index contributed by atoms with van der Waals surface area (Å²) in [5.41, 5.74) is 3.13. The molecule has 0 aromatic heterocycles. The molecule has 4 heteroatoms. The maximum absolute atomic E-state index is 11.6. The van der Waals surface area contributed by atoms with Gasteiger partial charge in [0.25, 0.3) is 0 Å².